The lowest BCUT2D eigenvalue weighted by Crippen LogP contribution is -2.48. The van der Waals surface area contributed by atoms with Gasteiger partial charge in [0.2, 0.25) is 0 Å². The molecule has 2 N–H and O–H groups in total. The van der Waals surface area contributed by atoms with Crippen LogP contribution in [0.2, 0.25) is 0 Å². The summed E-state index contributed by atoms with van der Waals surface area (Å²) in [6.45, 7) is 9.25. The van der Waals surface area contributed by atoms with E-state index < -0.39 is 0 Å². The molecule has 1 fully saturated rings. The lowest BCUT2D eigenvalue weighted by atomic mass is 10.0. The lowest BCUT2D eigenvalue weighted by Gasteiger charge is -2.33. The zero-order valence-corrected chi connectivity index (χ0v) is 20.1. The SMILES string of the molecule is CCNC(=NCCc1ncc(C)s1)NC1CCN(Cc2ccsc2)CC1.I. The van der Waals surface area contributed by atoms with E-state index in [-0.39, 0.29) is 24.0 Å². The van der Waals surface area contributed by atoms with E-state index in [0.29, 0.717) is 6.04 Å². The largest absolute Gasteiger partial charge is 0.357 e. The molecule has 0 spiro atoms. The number of thiophene rings is 1. The number of hydrogen-bond donors (Lipinski definition) is 2. The average molecular weight is 520 g/mol. The predicted molar refractivity (Wildman–Crippen MR) is 128 cm³/mol. The number of guanidine groups is 1. The number of hydrogen-bond acceptors (Lipinski definition) is 5. The van der Waals surface area contributed by atoms with Gasteiger partial charge >= 0.3 is 0 Å². The van der Waals surface area contributed by atoms with Crippen molar-refractivity contribution in [2.75, 3.05) is 26.2 Å². The molecular weight excluding hydrogens is 489 g/mol. The second kappa shape index (κ2) is 12.0. The van der Waals surface area contributed by atoms with Gasteiger partial charge in [-0.3, -0.25) is 9.89 Å². The number of aryl methyl sites for hydroxylation is 1. The van der Waals surface area contributed by atoms with Crippen molar-refractivity contribution < 1.29 is 0 Å². The molecule has 2 aromatic heterocycles. The first-order chi connectivity index (χ1) is 12.7. The number of aliphatic imine (C=N–C) groups is 1. The van der Waals surface area contributed by atoms with E-state index in [4.69, 9.17) is 4.99 Å². The molecule has 1 aliphatic heterocycles. The molecule has 27 heavy (non-hydrogen) atoms. The molecule has 3 rings (SSSR count). The van der Waals surface area contributed by atoms with Crippen LogP contribution in [-0.4, -0.2) is 48.1 Å². The van der Waals surface area contributed by atoms with E-state index in [2.05, 4.69) is 51.2 Å². The maximum Gasteiger partial charge on any atom is 0.191 e. The van der Waals surface area contributed by atoms with Crippen LogP contribution < -0.4 is 10.6 Å². The summed E-state index contributed by atoms with van der Waals surface area (Å²) in [6, 6.07) is 2.74. The molecule has 0 amide bonds. The molecule has 8 heteroatoms. The number of rotatable bonds is 7. The highest BCUT2D eigenvalue weighted by molar-refractivity contribution is 14.0. The second-order valence-corrected chi connectivity index (χ2v) is 8.80. The third kappa shape index (κ3) is 7.67. The van der Waals surface area contributed by atoms with Crippen molar-refractivity contribution >= 4 is 52.6 Å². The highest BCUT2D eigenvalue weighted by Gasteiger charge is 2.20. The Balaban J connectivity index is 0.00000261. The summed E-state index contributed by atoms with van der Waals surface area (Å²) in [6.07, 6.45) is 5.19. The summed E-state index contributed by atoms with van der Waals surface area (Å²) < 4.78 is 0. The normalized spacial score (nSPS) is 16.1. The molecule has 1 saturated heterocycles. The molecule has 0 radical (unpaired) electrons. The maximum absolute atomic E-state index is 4.74. The number of halogens is 1. The van der Waals surface area contributed by atoms with E-state index >= 15 is 0 Å². The topological polar surface area (TPSA) is 52.6 Å². The minimum atomic E-state index is 0. The fraction of sp³-hybridized carbons (Fsp3) is 0.579. The number of piperidine rings is 1. The number of aromatic nitrogens is 1. The fourth-order valence-electron chi connectivity index (χ4n) is 3.17. The third-order valence-electron chi connectivity index (χ3n) is 4.52. The molecule has 2 aromatic rings. The van der Waals surface area contributed by atoms with E-state index in [9.17, 15) is 0 Å². The van der Waals surface area contributed by atoms with Crippen molar-refractivity contribution in [3.8, 4) is 0 Å². The van der Waals surface area contributed by atoms with Crippen LogP contribution >= 0.6 is 46.7 Å². The van der Waals surface area contributed by atoms with Crippen molar-refractivity contribution in [3.05, 3.63) is 38.5 Å². The van der Waals surface area contributed by atoms with E-state index in [0.717, 1.165) is 45.1 Å². The number of likely N-dealkylation sites (tertiary alicyclic amines) is 1. The van der Waals surface area contributed by atoms with Crippen molar-refractivity contribution in [2.45, 2.75) is 45.7 Å². The van der Waals surface area contributed by atoms with Gasteiger partial charge in [-0.2, -0.15) is 11.3 Å². The first kappa shape index (κ1) is 22.6. The highest BCUT2D eigenvalue weighted by atomic mass is 127. The Morgan fingerprint density at radius 3 is 2.81 bits per heavy atom. The standard InChI is InChI=1S/C19H29N5S2.HI/c1-3-20-19(21-8-4-18-22-12-15(2)26-18)23-17-5-9-24(10-6-17)13-16-7-11-25-14-16;/h7,11-12,14,17H,3-6,8-10,13H2,1-2H3,(H2,20,21,23);1H. The molecule has 1 aliphatic rings. The third-order valence-corrected chi connectivity index (χ3v) is 6.23. The molecular formula is C19H30IN5S2. The van der Waals surface area contributed by atoms with Gasteiger partial charge in [-0.25, -0.2) is 4.98 Å². The quantitative estimate of drug-likeness (QED) is 0.331. The average Bonchev–Trinajstić information content (AvgIpc) is 3.29. The van der Waals surface area contributed by atoms with Gasteiger partial charge in [-0.05, 0) is 49.1 Å². The summed E-state index contributed by atoms with van der Waals surface area (Å²) in [7, 11) is 0. The second-order valence-electron chi connectivity index (χ2n) is 6.70. The van der Waals surface area contributed by atoms with Crippen LogP contribution in [0, 0.1) is 6.92 Å². The van der Waals surface area contributed by atoms with Gasteiger partial charge in [0, 0.05) is 56.3 Å². The van der Waals surface area contributed by atoms with Crippen LogP contribution in [-0.2, 0) is 13.0 Å². The Morgan fingerprint density at radius 1 is 1.37 bits per heavy atom. The van der Waals surface area contributed by atoms with Gasteiger partial charge in [-0.1, -0.05) is 0 Å². The molecule has 0 unspecified atom stereocenters. The summed E-state index contributed by atoms with van der Waals surface area (Å²) in [5.74, 6) is 0.942. The fourth-order valence-corrected chi connectivity index (χ4v) is 4.61. The van der Waals surface area contributed by atoms with E-state index in [1.165, 1.54) is 28.3 Å². The van der Waals surface area contributed by atoms with Crippen LogP contribution in [0.1, 0.15) is 35.2 Å². The smallest absolute Gasteiger partial charge is 0.191 e. The molecule has 0 atom stereocenters. The molecule has 0 bridgehead atoms. The number of thiazole rings is 1. The number of nitrogens with one attached hydrogen (secondary N) is 2. The Kier molecular flexibility index (Phi) is 10.0. The van der Waals surface area contributed by atoms with Gasteiger partial charge < -0.3 is 10.6 Å². The lowest BCUT2D eigenvalue weighted by molar-refractivity contribution is 0.198. The first-order valence-electron chi connectivity index (χ1n) is 9.42. The predicted octanol–water partition coefficient (Wildman–Crippen LogP) is 3.89. The Labute approximate surface area is 187 Å². The molecule has 150 valence electrons. The first-order valence-corrected chi connectivity index (χ1v) is 11.2. The monoisotopic (exact) mass is 519 g/mol. The van der Waals surface area contributed by atoms with E-state index in [1.807, 2.05) is 6.20 Å². The van der Waals surface area contributed by atoms with Gasteiger partial charge in [0.1, 0.15) is 0 Å². The summed E-state index contributed by atoms with van der Waals surface area (Å²) in [5.41, 5.74) is 1.44. The molecule has 5 nitrogen and oxygen atoms in total. The van der Waals surface area contributed by atoms with Gasteiger partial charge in [0.25, 0.3) is 0 Å². The van der Waals surface area contributed by atoms with Crippen molar-refractivity contribution in [2.24, 2.45) is 4.99 Å². The minimum absolute atomic E-state index is 0. The van der Waals surface area contributed by atoms with Crippen LogP contribution in [0.15, 0.2) is 28.0 Å². The zero-order chi connectivity index (χ0) is 18.2. The Bertz CT molecular complexity index is 678. The van der Waals surface area contributed by atoms with Gasteiger partial charge in [0.05, 0.1) is 5.01 Å². The highest BCUT2D eigenvalue weighted by Crippen LogP contribution is 2.15. The molecule has 0 aromatic carbocycles. The molecule has 0 aliphatic carbocycles. The Morgan fingerprint density at radius 2 is 2.19 bits per heavy atom. The number of nitrogens with zero attached hydrogens (tertiary/aromatic N) is 3. The van der Waals surface area contributed by atoms with Gasteiger partial charge in [0.15, 0.2) is 5.96 Å². The maximum atomic E-state index is 4.74. The van der Waals surface area contributed by atoms with Crippen molar-refractivity contribution in [1.29, 1.82) is 0 Å². The van der Waals surface area contributed by atoms with Crippen molar-refractivity contribution in [3.63, 3.8) is 0 Å². The van der Waals surface area contributed by atoms with Crippen LogP contribution in [0.3, 0.4) is 0 Å². The molecule has 0 saturated carbocycles. The summed E-state index contributed by atoms with van der Waals surface area (Å²) in [4.78, 5) is 13.0. The Hall–Kier alpha value is -0.710. The van der Waals surface area contributed by atoms with Crippen LogP contribution in [0.4, 0.5) is 0 Å². The minimum Gasteiger partial charge on any atom is -0.357 e. The van der Waals surface area contributed by atoms with Gasteiger partial charge in [-0.15, -0.1) is 35.3 Å². The van der Waals surface area contributed by atoms with Crippen LogP contribution in [0.25, 0.3) is 0 Å². The zero-order valence-electron chi connectivity index (χ0n) is 16.1. The summed E-state index contributed by atoms with van der Waals surface area (Å²) >= 11 is 3.55. The summed E-state index contributed by atoms with van der Waals surface area (Å²) in [5, 5.41) is 12.6. The van der Waals surface area contributed by atoms with Crippen LogP contribution in [0.5, 0.6) is 0 Å². The molecule has 3 heterocycles. The van der Waals surface area contributed by atoms with Crippen molar-refractivity contribution in [1.82, 2.24) is 20.5 Å². The van der Waals surface area contributed by atoms with E-state index in [1.54, 1.807) is 22.7 Å².